The van der Waals surface area contributed by atoms with Crippen LogP contribution in [0.4, 0.5) is 5.69 Å². The molecule has 0 spiro atoms. The second-order valence-electron chi connectivity index (χ2n) is 7.05. The van der Waals surface area contributed by atoms with Gasteiger partial charge in [0.2, 0.25) is 5.91 Å². The van der Waals surface area contributed by atoms with E-state index in [9.17, 15) is 4.79 Å². The predicted octanol–water partition coefficient (Wildman–Crippen LogP) is 5.74. The first-order chi connectivity index (χ1) is 15.5. The molecule has 0 fully saturated rings. The Morgan fingerprint density at radius 1 is 1.00 bits per heavy atom. The fourth-order valence-electron chi connectivity index (χ4n) is 3.08. The van der Waals surface area contributed by atoms with Gasteiger partial charge in [0.15, 0.2) is 11.0 Å². The first kappa shape index (κ1) is 22.1. The SMILES string of the molecule is COc1ccc(-c2nnc(SCC(=O)Nc3ccc(Br)cc3)n2-c2ccc(C)cc2)cc1. The number of rotatable bonds is 7. The molecule has 32 heavy (non-hydrogen) atoms. The Morgan fingerprint density at radius 3 is 2.34 bits per heavy atom. The normalized spacial score (nSPS) is 10.7. The Balaban J connectivity index is 1.59. The van der Waals surface area contributed by atoms with Crippen molar-refractivity contribution in [3.05, 3.63) is 82.8 Å². The van der Waals surface area contributed by atoms with Crippen LogP contribution in [0.15, 0.2) is 82.4 Å². The van der Waals surface area contributed by atoms with Crippen molar-refractivity contribution in [2.75, 3.05) is 18.2 Å². The molecule has 6 nitrogen and oxygen atoms in total. The molecule has 0 aliphatic heterocycles. The lowest BCUT2D eigenvalue weighted by Crippen LogP contribution is -2.14. The maximum absolute atomic E-state index is 12.5. The summed E-state index contributed by atoms with van der Waals surface area (Å²) in [4.78, 5) is 12.5. The summed E-state index contributed by atoms with van der Waals surface area (Å²) in [6.07, 6.45) is 0. The number of amides is 1. The zero-order chi connectivity index (χ0) is 22.5. The molecule has 0 atom stereocenters. The molecule has 0 aliphatic rings. The fourth-order valence-corrected chi connectivity index (χ4v) is 4.09. The summed E-state index contributed by atoms with van der Waals surface area (Å²) in [6, 6.07) is 23.3. The number of carbonyl (C=O) groups excluding carboxylic acids is 1. The van der Waals surface area contributed by atoms with Crippen LogP contribution in [0.1, 0.15) is 5.56 Å². The van der Waals surface area contributed by atoms with Crippen LogP contribution in [0.5, 0.6) is 5.75 Å². The molecule has 0 saturated heterocycles. The number of benzene rings is 3. The smallest absolute Gasteiger partial charge is 0.234 e. The monoisotopic (exact) mass is 508 g/mol. The van der Waals surface area contributed by atoms with Crippen molar-refractivity contribution in [2.24, 2.45) is 0 Å². The van der Waals surface area contributed by atoms with Crippen molar-refractivity contribution < 1.29 is 9.53 Å². The number of aromatic nitrogens is 3. The van der Waals surface area contributed by atoms with Crippen LogP contribution in [-0.2, 0) is 4.79 Å². The molecule has 4 rings (SSSR count). The average molecular weight is 509 g/mol. The third kappa shape index (κ3) is 5.20. The lowest BCUT2D eigenvalue weighted by molar-refractivity contribution is -0.113. The van der Waals surface area contributed by atoms with Crippen LogP contribution in [0.3, 0.4) is 0 Å². The van der Waals surface area contributed by atoms with Gasteiger partial charge in [-0.2, -0.15) is 0 Å². The first-order valence-electron chi connectivity index (χ1n) is 9.88. The van der Waals surface area contributed by atoms with Gasteiger partial charge >= 0.3 is 0 Å². The number of nitrogens with one attached hydrogen (secondary N) is 1. The lowest BCUT2D eigenvalue weighted by Gasteiger charge is -2.11. The summed E-state index contributed by atoms with van der Waals surface area (Å²) in [6.45, 7) is 2.04. The van der Waals surface area contributed by atoms with Crippen molar-refractivity contribution in [3.63, 3.8) is 0 Å². The summed E-state index contributed by atoms with van der Waals surface area (Å²) in [5.74, 6) is 1.58. The highest BCUT2D eigenvalue weighted by molar-refractivity contribution is 9.10. The van der Waals surface area contributed by atoms with Crippen LogP contribution in [0.2, 0.25) is 0 Å². The number of thioether (sulfide) groups is 1. The van der Waals surface area contributed by atoms with E-state index in [0.29, 0.717) is 11.0 Å². The Hall–Kier alpha value is -3.10. The first-order valence-corrected chi connectivity index (χ1v) is 11.7. The Morgan fingerprint density at radius 2 is 1.69 bits per heavy atom. The molecule has 4 aromatic rings. The van der Waals surface area contributed by atoms with Gasteiger partial charge in [0.1, 0.15) is 5.75 Å². The molecule has 162 valence electrons. The van der Waals surface area contributed by atoms with E-state index >= 15 is 0 Å². The number of hydrogen-bond donors (Lipinski definition) is 1. The molecule has 0 saturated carbocycles. The molecule has 8 heteroatoms. The molecule has 1 aromatic heterocycles. The number of aryl methyl sites for hydroxylation is 1. The van der Waals surface area contributed by atoms with Crippen LogP contribution in [-0.4, -0.2) is 33.5 Å². The number of hydrogen-bond acceptors (Lipinski definition) is 5. The molecular weight excluding hydrogens is 488 g/mol. The summed E-state index contributed by atoms with van der Waals surface area (Å²) in [7, 11) is 1.64. The maximum atomic E-state index is 12.5. The Bertz CT molecular complexity index is 1210. The Kier molecular flexibility index (Phi) is 6.92. The van der Waals surface area contributed by atoms with E-state index in [1.807, 2.05) is 84.3 Å². The summed E-state index contributed by atoms with van der Waals surface area (Å²) < 4.78 is 8.20. The van der Waals surface area contributed by atoms with Gasteiger partial charge in [0, 0.05) is 21.4 Å². The third-order valence-corrected chi connectivity index (χ3v) is 6.19. The van der Waals surface area contributed by atoms with Crippen LogP contribution in [0.25, 0.3) is 17.1 Å². The second-order valence-corrected chi connectivity index (χ2v) is 8.91. The van der Waals surface area contributed by atoms with Crippen molar-refractivity contribution in [3.8, 4) is 22.8 Å². The van der Waals surface area contributed by atoms with Crippen molar-refractivity contribution >= 4 is 39.3 Å². The lowest BCUT2D eigenvalue weighted by atomic mass is 10.2. The summed E-state index contributed by atoms with van der Waals surface area (Å²) in [5, 5.41) is 12.4. The van der Waals surface area contributed by atoms with Gasteiger partial charge < -0.3 is 10.1 Å². The zero-order valence-electron chi connectivity index (χ0n) is 17.6. The van der Waals surface area contributed by atoms with Crippen molar-refractivity contribution in [1.82, 2.24) is 14.8 Å². The van der Waals surface area contributed by atoms with Gasteiger partial charge in [-0.05, 0) is 67.6 Å². The van der Waals surface area contributed by atoms with E-state index in [1.165, 1.54) is 11.8 Å². The minimum absolute atomic E-state index is 0.109. The largest absolute Gasteiger partial charge is 0.497 e. The quantitative estimate of drug-likeness (QED) is 0.322. The topological polar surface area (TPSA) is 69.0 Å². The number of ether oxygens (including phenoxy) is 1. The predicted molar refractivity (Wildman–Crippen MR) is 132 cm³/mol. The zero-order valence-corrected chi connectivity index (χ0v) is 20.0. The van der Waals surface area contributed by atoms with E-state index < -0.39 is 0 Å². The molecule has 3 aromatic carbocycles. The maximum Gasteiger partial charge on any atom is 0.234 e. The minimum atomic E-state index is -0.109. The molecule has 0 unspecified atom stereocenters. The average Bonchev–Trinajstić information content (AvgIpc) is 3.24. The van der Waals surface area contributed by atoms with Crippen LogP contribution < -0.4 is 10.1 Å². The van der Waals surface area contributed by atoms with Gasteiger partial charge in [-0.15, -0.1) is 10.2 Å². The second kappa shape index (κ2) is 10.0. The van der Waals surface area contributed by atoms with E-state index in [-0.39, 0.29) is 11.7 Å². The van der Waals surface area contributed by atoms with E-state index in [0.717, 1.165) is 32.7 Å². The highest BCUT2D eigenvalue weighted by Crippen LogP contribution is 2.29. The molecule has 1 heterocycles. The summed E-state index contributed by atoms with van der Waals surface area (Å²) >= 11 is 4.74. The number of carbonyl (C=O) groups is 1. The van der Waals surface area contributed by atoms with Crippen LogP contribution >= 0.6 is 27.7 Å². The van der Waals surface area contributed by atoms with Gasteiger partial charge in [-0.3, -0.25) is 9.36 Å². The molecule has 0 aliphatic carbocycles. The third-order valence-electron chi connectivity index (χ3n) is 4.73. The van der Waals surface area contributed by atoms with Gasteiger partial charge in [-0.1, -0.05) is 45.4 Å². The van der Waals surface area contributed by atoms with Crippen molar-refractivity contribution in [1.29, 1.82) is 0 Å². The molecular formula is C24H21BrN4O2S. The van der Waals surface area contributed by atoms with Crippen LogP contribution in [0, 0.1) is 6.92 Å². The molecule has 1 amide bonds. The Labute approximate surface area is 199 Å². The highest BCUT2D eigenvalue weighted by atomic mass is 79.9. The number of halogens is 1. The number of nitrogens with zero attached hydrogens (tertiary/aromatic N) is 3. The van der Waals surface area contributed by atoms with E-state index in [1.54, 1.807) is 7.11 Å². The van der Waals surface area contributed by atoms with Gasteiger partial charge in [0.05, 0.1) is 12.9 Å². The minimum Gasteiger partial charge on any atom is -0.497 e. The fraction of sp³-hybridized carbons (Fsp3) is 0.125. The standard InChI is InChI=1S/C24H21BrN4O2S/c1-16-3-11-20(12-4-16)29-23(17-5-13-21(31-2)14-6-17)27-28-24(29)32-15-22(30)26-19-9-7-18(25)8-10-19/h3-14H,15H2,1-2H3,(H,26,30). The molecule has 1 N–H and O–H groups in total. The number of anilines is 1. The highest BCUT2D eigenvalue weighted by Gasteiger charge is 2.17. The molecule has 0 bridgehead atoms. The van der Waals surface area contributed by atoms with Crippen molar-refractivity contribution in [2.45, 2.75) is 12.1 Å². The van der Waals surface area contributed by atoms with E-state index in [4.69, 9.17) is 4.74 Å². The molecule has 0 radical (unpaired) electrons. The number of methoxy groups -OCH3 is 1. The van der Waals surface area contributed by atoms with E-state index in [2.05, 4.69) is 31.4 Å². The van der Waals surface area contributed by atoms with Gasteiger partial charge in [0.25, 0.3) is 0 Å². The van der Waals surface area contributed by atoms with Gasteiger partial charge in [-0.25, -0.2) is 0 Å². The summed E-state index contributed by atoms with van der Waals surface area (Å²) in [5.41, 5.74) is 3.75.